The molecule has 0 saturated carbocycles. The fraction of sp³-hybridized carbons (Fsp3) is 0.125. The molecule has 3 N–H and O–H groups in total. The number of aromatic amines is 1. The third-order valence-corrected chi connectivity index (χ3v) is 1.75. The lowest BCUT2D eigenvalue weighted by molar-refractivity contribution is 0.0588. The molecule has 2 rings (SSSR count). The quantitative estimate of drug-likeness (QED) is 0.635. The molecule has 0 saturated heterocycles. The molecule has 0 spiro atoms. The van der Waals surface area contributed by atoms with Crippen LogP contribution in [-0.4, -0.2) is 28.0 Å². The molecule has 6 heteroatoms. The van der Waals surface area contributed by atoms with Crippen molar-refractivity contribution in [2.24, 2.45) is 0 Å². The number of anilines is 1. The molecule has 0 bridgehead atoms. The number of imidazole rings is 1. The number of aromatic nitrogens is 3. The second-order valence-corrected chi connectivity index (χ2v) is 2.68. The Labute approximate surface area is 79.1 Å². The van der Waals surface area contributed by atoms with Crippen LogP contribution < -0.4 is 5.73 Å². The van der Waals surface area contributed by atoms with Gasteiger partial charge in [0, 0.05) is 0 Å². The molecule has 6 nitrogen and oxygen atoms in total. The predicted molar refractivity (Wildman–Crippen MR) is 49.6 cm³/mol. The van der Waals surface area contributed by atoms with Gasteiger partial charge < -0.3 is 15.5 Å². The number of nitrogen functional groups attached to an aromatic ring is 1. The van der Waals surface area contributed by atoms with Gasteiger partial charge in [-0.25, -0.2) is 14.8 Å². The van der Waals surface area contributed by atoms with Gasteiger partial charge in [-0.05, 0) is 12.1 Å². The summed E-state index contributed by atoms with van der Waals surface area (Å²) < 4.78 is 4.50. The van der Waals surface area contributed by atoms with Crippen molar-refractivity contribution in [3.05, 3.63) is 18.0 Å². The summed E-state index contributed by atoms with van der Waals surface area (Å²) in [6.45, 7) is 0. The Morgan fingerprint density at radius 1 is 1.50 bits per heavy atom. The first-order chi connectivity index (χ1) is 6.70. The number of nitrogens with one attached hydrogen (secondary N) is 1. The molecule has 0 amide bonds. The van der Waals surface area contributed by atoms with E-state index in [0.717, 1.165) is 0 Å². The maximum atomic E-state index is 11.1. The second kappa shape index (κ2) is 2.99. The highest BCUT2D eigenvalue weighted by molar-refractivity contribution is 5.89. The van der Waals surface area contributed by atoms with Crippen LogP contribution in [0.25, 0.3) is 11.2 Å². The van der Waals surface area contributed by atoms with E-state index < -0.39 is 5.97 Å². The zero-order chi connectivity index (χ0) is 10.1. The third kappa shape index (κ3) is 1.26. The summed E-state index contributed by atoms with van der Waals surface area (Å²) in [6.07, 6.45) is 0. The Morgan fingerprint density at radius 2 is 2.29 bits per heavy atom. The molecule has 0 aliphatic rings. The summed E-state index contributed by atoms with van der Waals surface area (Å²) >= 11 is 0. The normalized spacial score (nSPS) is 10.4. The van der Waals surface area contributed by atoms with Gasteiger partial charge in [0.05, 0.1) is 12.6 Å². The van der Waals surface area contributed by atoms with Crippen molar-refractivity contribution in [1.82, 2.24) is 15.0 Å². The third-order valence-electron chi connectivity index (χ3n) is 1.75. The lowest BCUT2D eigenvalue weighted by Gasteiger charge is -1.90. The molecule has 0 fully saturated rings. The standard InChI is InChI=1S/C8H8N4O2/c1-14-8(13)7-10-4-2-3-5(9)11-6(4)12-7/h2-3H,1H3,(H3,9,10,11,12). The number of hydrogen-bond donors (Lipinski definition) is 2. The molecule has 2 aromatic heterocycles. The number of rotatable bonds is 1. The first-order valence-electron chi connectivity index (χ1n) is 3.91. The summed E-state index contributed by atoms with van der Waals surface area (Å²) in [7, 11) is 1.29. The summed E-state index contributed by atoms with van der Waals surface area (Å²) in [5.41, 5.74) is 6.52. The summed E-state index contributed by atoms with van der Waals surface area (Å²) in [4.78, 5) is 21.7. The largest absolute Gasteiger partial charge is 0.463 e. The van der Waals surface area contributed by atoms with E-state index in [1.165, 1.54) is 7.11 Å². The molecule has 14 heavy (non-hydrogen) atoms. The Hall–Kier alpha value is -2.11. The highest BCUT2D eigenvalue weighted by Gasteiger charge is 2.11. The molecule has 0 atom stereocenters. The Bertz CT molecular complexity index is 491. The summed E-state index contributed by atoms with van der Waals surface area (Å²) in [5, 5.41) is 0. The van der Waals surface area contributed by atoms with Crippen molar-refractivity contribution in [2.45, 2.75) is 0 Å². The number of carbonyl (C=O) groups excluding carboxylic acids is 1. The smallest absolute Gasteiger partial charge is 0.374 e. The summed E-state index contributed by atoms with van der Waals surface area (Å²) in [5.74, 6) is -0.0393. The van der Waals surface area contributed by atoms with Crippen LogP contribution in [0, 0.1) is 0 Å². The average Bonchev–Trinajstić information content (AvgIpc) is 2.59. The number of nitrogens with two attached hydrogens (primary N) is 1. The fourth-order valence-electron chi connectivity index (χ4n) is 1.10. The Morgan fingerprint density at radius 3 is 3.00 bits per heavy atom. The molecule has 0 aromatic carbocycles. The van der Waals surface area contributed by atoms with Crippen molar-refractivity contribution >= 4 is 23.0 Å². The Balaban J connectivity index is 2.56. The van der Waals surface area contributed by atoms with Crippen LogP contribution in [0.5, 0.6) is 0 Å². The molecule has 2 heterocycles. The van der Waals surface area contributed by atoms with Crippen molar-refractivity contribution in [2.75, 3.05) is 12.8 Å². The van der Waals surface area contributed by atoms with E-state index in [1.807, 2.05) is 0 Å². The van der Waals surface area contributed by atoms with Crippen molar-refractivity contribution in [3.63, 3.8) is 0 Å². The van der Waals surface area contributed by atoms with Gasteiger partial charge in [-0.2, -0.15) is 0 Å². The first kappa shape index (κ1) is 8.49. The second-order valence-electron chi connectivity index (χ2n) is 2.68. The number of carbonyl (C=O) groups is 1. The van der Waals surface area contributed by atoms with Gasteiger partial charge in [-0.1, -0.05) is 0 Å². The van der Waals surface area contributed by atoms with Gasteiger partial charge >= 0.3 is 5.97 Å². The molecular weight excluding hydrogens is 184 g/mol. The number of nitrogens with zero attached hydrogens (tertiary/aromatic N) is 2. The van der Waals surface area contributed by atoms with E-state index in [-0.39, 0.29) is 5.82 Å². The average molecular weight is 192 g/mol. The van der Waals surface area contributed by atoms with Crippen LogP contribution in [0.1, 0.15) is 10.6 Å². The number of methoxy groups -OCH3 is 1. The maximum absolute atomic E-state index is 11.1. The molecular formula is C8H8N4O2. The van der Waals surface area contributed by atoms with Crippen molar-refractivity contribution < 1.29 is 9.53 Å². The van der Waals surface area contributed by atoms with Crippen LogP contribution in [-0.2, 0) is 4.74 Å². The minimum atomic E-state index is -0.526. The number of ether oxygens (including phenoxy) is 1. The van der Waals surface area contributed by atoms with Crippen LogP contribution in [0.15, 0.2) is 12.1 Å². The van der Waals surface area contributed by atoms with Gasteiger partial charge in [0.2, 0.25) is 5.82 Å². The lowest BCUT2D eigenvalue weighted by atomic mass is 10.4. The molecule has 0 aliphatic carbocycles. The van der Waals surface area contributed by atoms with E-state index in [1.54, 1.807) is 12.1 Å². The molecule has 2 aromatic rings. The summed E-state index contributed by atoms with van der Waals surface area (Å²) in [6, 6.07) is 3.33. The minimum Gasteiger partial charge on any atom is -0.463 e. The van der Waals surface area contributed by atoms with Crippen LogP contribution in [0.2, 0.25) is 0 Å². The van der Waals surface area contributed by atoms with Gasteiger partial charge in [0.25, 0.3) is 0 Å². The van der Waals surface area contributed by atoms with Crippen LogP contribution >= 0.6 is 0 Å². The fourth-order valence-corrected chi connectivity index (χ4v) is 1.10. The monoisotopic (exact) mass is 192 g/mol. The van der Waals surface area contributed by atoms with Gasteiger partial charge in [-0.15, -0.1) is 0 Å². The van der Waals surface area contributed by atoms with E-state index in [2.05, 4.69) is 19.7 Å². The SMILES string of the molecule is COC(=O)c1nc2nc(N)ccc2[nH]1. The van der Waals surface area contributed by atoms with Gasteiger partial charge in [0.1, 0.15) is 5.82 Å². The predicted octanol–water partition coefficient (Wildman–Crippen LogP) is 0.327. The van der Waals surface area contributed by atoms with Gasteiger partial charge in [-0.3, -0.25) is 0 Å². The first-order valence-corrected chi connectivity index (χ1v) is 3.91. The zero-order valence-corrected chi connectivity index (χ0v) is 7.44. The topological polar surface area (TPSA) is 93.9 Å². The molecule has 0 unspecified atom stereocenters. The lowest BCUT2D eigenvalue weighted by Crippen LogP contribution is -2.02. The molecule has 0 radical (unpaired) electrons. The van der Waals surface area contributed by atoms with E-state index in [9.17, 15) is 4.79 Å². The zero-order valence-electron chi connectivity index (χ0n) is 7.44. The maximum Gasteiger partial charge on any atom is 0.374 e. The van der Waals surface area contributed by atoms with Crippen molar-refractivity contribution in [1.29, 1.82) is 0 Å². The number of esters is 1. The highest BCUT2D eigenvalue weighted by Crippen LogP contribution is 2.11. The van der Waals surface area contributed by atoms with E-state index in [0.29, 0.717) is 17.0 Å². The molecule has 72 valence electrons. The molecule has 0 aliphatic heterocycles. The number of fused-ring (bicyclic) bond motifs is 1. The van der Waals surface area contributed by atoms with Crippen LogP contribution in [0.4, 0.5) is 5.82 Å². The van der Waals surface area contributed by atoms with Crippen LogP contribution in [0.3, 0.4) is 0 Å². The van der Waals surface area contributed by atoms with E-state index in [4.69, 9.17) is 5.73 Å². The van der Waals surface area contributed by atoms with Gasteiger partial charge in [0.15, 0.2) is 5.65 Å². The number of pyridine rings is 1. The Kier molecular flexibility index (Phi) is 1.81. The number of H-pyrrole nitrogens is 1. The highest BCUT2D eigenvalue weighted by atomic mass is 16.5. The van der Waals surface area contributed by atoms with E-state index >= 15 is 0 Å². The minimum absolute atomic E-state index is 0.126. The number of hydrogen-bond acceptors (Lipinski definition) is 5. The van der Waals surface area contributed by atoms with Crippen molar-refractivity contribution in [3.8, 4) is 0 Å².